The van der Waals surface area contributed by atoms with Gasteiger partial charge in [-0.1, -0.05) is 31.5 Å². The number of nitrogens with zero attached hydrogens (tertiary/aromatic N) is 1. The summed E-state index contributed by atoms with van der Waals surface area (Å²) in [4.78, 5) is 10.6. The van der Waals surface area contributed by atoms with E-state index in [1.807, 2.05) is 0 Å². The number of halogens is 1. The Kier molecular flexibility index (Phi) is 6.09. The molecule has 0 heterocycles. The van der Waals surface area contributed by atoms with Crippen LogP contribution < -0.4 is 5.32 Å². The molecule has 0 spiro atoms. The van der Waals surface area contributed by atoms with Gasteiger partial charge >= 0.3 is 0 Å². The first kappa shape index (κ1) is 14.9. The fourth-order valence-corrected chi connectivity index (χ4v) is 2.02. The molecule has 0 aliphatic carbocycles. The molecule has 0 aliphatic rings. The van der Waals surface area contributed by atoms with E-state index in [-0.39, 0.29) is 16.7 Å². The quantitative estimate of drug-likeness (QED) is 0.609. The molecule has 0 fully saturated rings. The summed E-state index contributed by atoms with van der Waals surface area (Å²) in [6.45, 7) is 5.11. The lowest BCUT2D eigenvalue weighted by molar-refractivity contribution is -0.385. The van der Waals surface area contributed by atoms with Crippen LogP contribution in [0.3, 0.4) is 0 Å². The third kappa shape index (κ3) is 4.27. The number of benzene rings is 1. The maximum atomic E-state index is 11.0. The van der Waals surface area contributed by atoms with Crippen LogP contribution in [0.4, 0.5) is 5.69 Å². The first-order valence-electron chi connectivity index (χ1n) is 6.24. The number of nitro benzene ring substituents is 1. The Balaban J connectivity index is 2.84. The molecule has 0 amide bonds. The fourth-order valence-electron chi connectivity index (χ4n) is 1.85. The summed E-state index contributed by atoms with van der Waals surface area (Å²) >= 11 is 5.79. The van der Waals surface area contributed by atoms with E-state index in [1.54, 1.807) is 12.1 Å². The first-order valence-corrected chi connectivity index (χ1v) is 6.62. The average molecular weight is 271 g/mol. The molecule has 4 nitrogen and oxygen atoms in total. The van der Waals surface area contributed by atoms with Crippen molar-refractivity contribution in [1.29, 1.82) is 0 Å². The van der Waals surface area contributed by atoms with E-state index in [4.69, 9.17) is 11.6 Å². The zero-order valence-electron chi connectivity index (χ0n) is 10.8. The minimum absolute atomic E-state index is 0.110. The monoisotopic (exact) mass is 270 g/mol. The molecule has 0 aliphatic heterocycles. The lowest BCUT2D eigenvalue weighted by atomic mass is 10.0. The molecular weight excluding hydrogens is 252 g/mol. The van der Waals surface area contributed by atoms with Gasteiger partial charge in [0.15, 0.2) is 0 Å². The largest absolute Gasteiger partial charge is 0.314 e. The summed E-state index contributed by atoms with van der Waals surface area (Å²) in [5.41, 5.74) is 0.846. The summed E-state index contributed by atoms with van der Waals surface area (Å²) in [5, 5.41) is 14.8. The third-order valence-electron chi connectivity index (χ3n) is 2.89. The van der Waals surface area contributed by atoms with E-state index >= 15 is 0 Å². The molecular formula is C13H19ClN2O2. The predicted octanol–water partition coefficient (Wildman–Crippen LogP) is 3.57. The molecule has 18 heavy (non-hydrogen) atoms. The van der Waals surface area contributed by atoms with Crippen molar-refractivity contribution in [2.75, 3.05) is 6.54 Å². The van der Waals surface area contributed by atoms with Gasteiger partial charge in [0.2, 0.25) is 0 Å². The highest BCUT2D eigenvalue weighted by Gasteiger charge is 2.17. The lowest BCUT2D eigenvalue weighted by Crippen LogP contribution is -2.31. The van der Waals surface area contributed by atoms with Crippen LogP contribution in [0, 0.1) is 10.1 Å². The van der Waals surface area contributed by atoms with Crippen LogP contribution in [0.2, 0.25) is 5.02 Å². The van der Waals surface area contributed by atoms with Crippen LogP contribution in [0.1, 0.15) is 32.3 Å². The summed E-state index contributed by atoms with van der Waals surface area (Å²) < 4.78 is 0. The molecule has 0 aromatic heterocycles. The van der Waals surface area contributed by atoms with Crippen molar-refractivity contribution in [1.82, 2.24) is 5.32 Å². The zero-order chi connectivity index (χ0) is 13.5. The Morgan fingerprint density at radius 2 is 2.17 bits per heavy atom. The van der Waals surface area contributed by atoms with Crippen LogP contribution in [0.25, 0.3) is 0 Å². The van der Waals surface area contributed by atoms with Crippen molar-refractivity contribution < 1.29 is 4.92 Å². The number of hydrogen-bond donors (Lipinski definition) is 1. The summed E-state index contributed by atoms with van der Waals surface area (Å²) in [7, 11) is 0. The molecule has 1 aromatic carbocycles. The van der Waals surface area contributed by atoms with Crippen molar-refractivity contribution >= 4 is 17.3 Å². The van der Waals surface area contributed by atoms with Crippen LogP contribution in [0.5, 0.6) is 0 Å². The van der Waals surface area contributed by atoms with E-state index < -0.39 is 0 Å². The van der Waals surface area contributed by atoms with E-state index in [0.29, 0.717) is 11.4 Å². The summed E-state index contributed by atoms with van der Waals surface area (Å²) in [6.07, 6.45) is 2.66. The van der Waals surface area contributed by atoms with Crippen molar-refractivity contribution in [2.45, 2.75) is 39.2 Å². The first-order chi connectivity index (χ1) is 8.58. The fraction of sp³-hybridized carbons (Fsp3) is 0.538. The average Bonchev–Trinajstić information content (AvgIpc) is 2.35. The Bertz CT molecular complexity index is 410. The second kappa shape index (κ2) is 7.34. The highest BCUT2D eigenvalue weighted by atomic mass is 35.5. The number of nitro groups is 1. The minimum Gasteiger partial charge on any atom is -0.314 e. The maximum Gasteiger partial charge on any atom is 0.274 e. The number of nitrogens with one attached hydrogen (secondary N) is 1. The van der Waals surface area contributed by atoms with E-state index in [2.05, 4.69) is 19.2 Å². The number of hydrogen-bond acceptors (Lipinski definition) is 3. The Hall–Kier alpha value is -1.13. The maximum absolute atomic E-state index is 11.0. The minimum atomic E-state index is -0.367. The standard InChI is InChI=1S/C13H19ClN2O2/c1-3-7-15-12(4-2)8-10-5-6-11(14)9-13(10)16(17)18/h5-6,9,12,15H,3-4,7-8H2,1-2H3. The van der Waals surface area contributed by atoms with Gasteiger partial charge < -0.3 is 5.32 Å². The second-order valence-electron chi connectivity index (χ2n) is 4.29. The van der Waals surface area contributed by atoms with E-state index in [9.17, 15) is 10.1 Å². The highest BCUT2D eigenvalue weighted by Crippen LogP contribution is 2.24. The predicted molar refractivity (Wildman–Crippen MR) is 74.2 cm³/mol. The van der Waals surface area contributed by atoms with Gasteiger partial charge in [-0.2, -0.15) is 0 Å². The Labute approximate surface area is 112 Å². The molecule has 1 atom stereocenters. The van der Waals surface area contributed by atoms with Gasteiger partial charge in [0.05, 0.1) is 4.92 Å². The van der Waals surface area contributed by atoms with Crippen LogP contribution in [-0.2, 0) is 6.42 Å². The van der Waals surface area contributed by atoms with Crippen LogP contribution in [-0.4, -0.2) is 17.5 Å². The van der Waals surface area contributed by atoms with Gasteiger partial charge in [-0.25, -0.2) is 0 Å². The van der Waals surface area contributed by atoms with Gasteiger partial charge in [-0.3, -0.25) is 10.1 Å². The van der Waals surface area contributed by atoms with E-state index in [1.165, 1.54) is 6.07 Å². The van der Waals surface area contributed by atoms with Gasteiger partial charge in [-0.15, -0.1) is 0 Å². The van der Waals surface area contributed by atoms with Crippen molar-refractivity contribution in [3.63, 3.8) is 0 Å². The molecule has 5 heteroatoms. The summed E-state index contributed by atoms with van der Waals surface area (Å²) in [6, 6.07) is 5.14. The number of rotatable bonds is 7. The Morgan fingerprint density at radius 1 is 1.44 bits per heavy atom. The van der Waals surface area contributed by atoms with Crippen molar-refractivity contribution in [3.05, 3.63) is 38.9 Å². The van der Waals surface area contributed by atoms with Gasteiger partial charge in [0.25, 0.3) is 5.69 Å². The Morgan fingerprint density at radius 3 is 2.72 bits per heavy atom. The van der Waals surface area contributed by atoms with Gasteiger partial charge in [0, 0.05) is 22.7 Å². The molecule has 0 saturated heterocycles. The third-order valence-corrected chi connectivity index (χ3v) is 3.12. The molecule has 100 valence electrons. The molecule has 1 unspecified atom stereocenters. The molecule has 1 aromatic rings. The molecule has 0 saturated carbocycles. The van der Waals surface area contributed by atoms with Gasteiger partial charge in [0.1, 0.15) is 0 Å². The highest BCUT2D eigenvalue weighted by molar-refractivity contribution is 6.30. The lowest BCUT2D eigenvalue weighted by Gasteiger charge is -2.16. The summed E-state index contributed by atoms with van der Waals surface area (Å²) in [5.74, 6) is 0. The molecule has 1 rings (SSSR count). The van der Waals surface area contributed by atoms with E-state index in [0.717, 1.165) is 24.9 Å². The van der Waals surface area contributed by atoms with Gasteiger partial charge in [-0.05, 0) is 31.9 Å². The SMILES string of the molecule is CCCNC(CC)Cc1ccc(Cl)cc1[N+](=O)[O-]. The smallest absolute Gasteiger partial charge is 0.274 e. The second-order valence-corrected chi connectivity index (χ2v) is 4.73. The van der Waals surface area contributed by atoms with Crippen molar-refractivity contribution in [2.24, 2.45) is 0 Å². The molecule has 1 N–H and O–H groups in total. The molecule has 0 radical (unpaired) electrons. The van der Waals surface area contributed by atoms with Crippen molar-refractivity contribution in [3.8, 4) is 0 Å². The van der Waals surface area contributed by atoms with Crippen LogP contribution in [0.15, 0.2) is 18.2 Å². The molecule has 0 bridgehead atoms. The zero-order valence-corrected chi connectivity index (χ0v) is 11.5. The van der Waals surface area contributed by atoms with Crippen LogP contribution >= 0.6 is 11.6 Å². The normalized spacial score (nSPS) is 12.4. The topological polar surface area (TPSA) is 55.2 Å².